The fourth-order valence-electron chi connectivity index (χ4n) is 2.93. The van der Waals surface area contributed by atoms with Gasteiger partial charge >= 0.3 is 0 Å². The molecule has 1 aromatic carbocycles. The Morgan fingerprint density at radius 1 is 1.44 bits per heavy atom. The average Bonchev–Trinajstić information content (AvgIpc) is 3.00. The van der Waals surface area contributed by atoms with Crippen LogP contribution in [0, 0.1) is 0 Å². The van der Waals surface area contributed by atoms with Crippen LogP contribution >= 0.6 is 0 Å². The number of nitrogens with zero attached hydrogens (tertiary/aromatic N) is 3. The predicted octanol–water partition coefficient (Wildman–Crippen LogP) is 1.33. The van der Waals surface area contributed by atoms with E-state index in [1.807, 2.05) is 6.07 Å². The van der Waals surface area contributed by atoms with E-state index in [2.05, 4.69) is 55.6 Å². The minimum atomic E-state index is 0.274. The van der Waals surface area contributed by atoms with Gasteiger partial charge in [-0.3, -0.25) is 4.90 Å². The molecule has 8 heteroatoms. The standard InChI is InChI=1S/C17H26N6O2/c1-13-11-23(8-7-19-13)12-14-4-2-5-15(10-14)24-9-3-6-20-17-16(18)21-25-22-17/h2,4-5,10,13,19H,3,6-9,11-12H2,1H3,(H2,18,21)(H,20,22). The molecule has 3 rings (SSSR count). The minimum Gasteiger partial charge on any atom is -0.494 e. The summed E-state index contributed by atoms with van der Waals surface area (Å²) in [6.07, 6.45) is 0.825. The van der Waals surface area contributed by atoms with Crippen molar-refractivity contribution in [2.24, 2.45) is 0 Å². The lowest BCUT2D eigenvalue weighted by atomic mass is 10.1. The Labute approximate surface area is 147 Å². The molecule has 2 aromatic rings. The van der Waals surface area contributed by atoms with E-state index in [4.69, 9.17) is 10.5 Å². The Morgan fingerprint density at radius 2 is 2.36 bits per heavy atom. The molecule has 0 radical (unpaired) electrons. The molecule has 0 saturated carbocycles. The van der Waals surface area contributed by atoms with Crippen LogP contribution in [0.3, 0.4) is 0 Å². The molecule has 0 spiro atoms. The van der Waals surface area contributed by atoms with Gasteiger partial charge in [-0.15, -0.1) is 0 Å². The van der Waals surface area contributed by atoms with Gasteiger partial charge in [0.15, 0.2) is 0 Å². The van der Waals surface area contributed by atoms with Crippen LogP contribution in [-0.2, 0) is 6.54 Å². The lowest BCUT2D eigenvalue weighted by molar-refractivity contribution is 0.199. The van der Waals surface area contributed by atoms with Gasteiger partial charge in [0.05, 0.1) is 6.61 Å². The van der Waals surface area contributed by atoms with Crippen molar-refractivity contribution in [3.63, 3.8) is 0 Å². The van der Waals surface area contributed by atoms with Gasteiger partial charge in [0.1, 0.15) is 5.75 Å². The number of nitrogens with two attached hydrogens (primary N) is 1. The highest BCUT2D eigenvalue weighted by atomic mass is 16.6. The van der Waals surface area contributed by atoms with E-state index in [0.717, 1.165) is 38.3 Å². The molecular weight excluding hydrogens is 320 g/mol. The summed E-state index contributed by atoms with van der Waals surface area (Å²) in [5, 5.41) is 13.7. The topological polar surface area (TPSA) is 101 Å². The number of ether oxygens (including phenoxy) is 1. The van der Waals surface area contributed by atoms with Crippen LogP contribution in [0.5, 0.6) is 5.75 Å². The SMILES string of the molecule is CC1CN(Cc2cccc(OCCCNc3nonc3N)c2)CCN1. The third kappa shape index (κ3) is 5.33. The van der Waals surface area contributed by atoms with Gasteiger partial charge in [-0.2, -0.15) is 0 Å². The van der Waals surface area contributed by atoms with E-state index in [9.17, 15) is 0 Å². The summed E-state index contributed by atoms with van der Waals surface area (Å²) in [6.45, 7) is 7.71. The van der Waals surface area contributed by atoms with Crippen LogP contribution in [0.15, 0.2) is 28.9 Å². The van der Waals surface area contributed by atoms with Gasteiger partial charge in [0, 0.05) is 38.8 Å². The summed E-state index contributed by atoms with van der Waals surface area (Å²) in [6, 6.07) is 8.88. The molecule has 1 aliphatic heterocycles. The zero-order valence-electron chi connectivity index (χ0n) is 14.6. The molecule has 1 aromatic heterocycles. The van der Waals surface area contributed by atoms with Crippen LogP contribution < -0.4 is 21.1 Å². The first kappa shape index (κ1) is 17.5. The van der Waals surface area contributed by atoms with E-state index in [-0.39, 0.29) is 5.82 Å². The second-order valence-corrected chi connectivity index (χ2v) is 6.36. The number of nitrogens with one attached hydrogen (secondary N) is 2. The predicted molar refractivity (Wildman–Crippen MR) is 96.5 cm³/mol. The maximum absolute atomic E-state index is 5.85. The van der Waals surface area contributed by atoms with Crippen LogP contribution in [-0.4, -0.2) is 54.0 Å². The van der Waals surface area contributed by atoms with Gasteiger partial charge in [0.2, 0.25) is 11.6 Å². The minimum absolute atomic E-state index is 0.274. The van der Waals surface area contributed by atoms with E-state index >= 15 is 0 Å². The highest BCUT2D eigenvalue weighted by Gasteiger charge is 2.15. The molecule has 1 saturated heterocycles. The molecule has 0 bridgehead atoms. The van der Waals surface area contributed by atoms with Crippen molar-refractivity contribution in [1.82, 2.24) is 20.5 Å². The highest BCUT2D eigenvalue weighted by Crippen LogP contribution is 2.16. The Kier molecular flexibility index (Phi) is 6.08. The molecule has 1 atom stereocenters. The lowest BCUT2D eigenvalue weighted by Gasteiger charge is -2.31. The van der Waals surface area contributed by atoms with Crippen molar-refractivity contribution in [1.29, 1.82) is 0 Å². The molecular formula is C17H26N6O2. The fourth-order valence-corrected chi connectivity index (χ4v) is 2.93. The van der Waals surface area contributed by atoms with E-state index < -0.39 is 0 Å². The Bertz CT molecular complexity index is 662. The first-order valence-electron chi connectivity index (χ1n) is 8.70. The van der Waals surface area contributed by atoms with Crippen molar-refractivity contribution < 1.29 is 9.37 Å². The number of aromatic nitrogens is 2. The van der Waals surface area contributed by atoms with Crippen LogP contribution in [0.4, 0.5) is 11.6 Å². The number of anilines is 2. The van der Waals surface area contributed by atoms with Crippen molar-refractivity contribution in [3.8, 4) is 5.75 Å². The number of piperazine rings is 1. The molecule has 1 unspecified atom stereocenters. The first-order valence-corrected chi connectivity index (χ1v) is 8.70. The maximum atomic E-state index is 5.85. The second-order valence-electron chi connectivity index (χ2n) is 6.36. The summed E-state index contributed by atoms with van der Waals surface area (Å²) in [5.41, 5.74) is 6.86. The molecule has 0 aliphatic carbocycles. The van der Waals surface area contributed by atoms with Crippen molar-refractivity contribution in [2.75, 3.05) is 43.8 Å². The molecule has 1 aliphatic rings. The van der Waals surface area contributed by atoms with Crippen LogP contribution in [0.2, 0.25) is 0 Å². The smallest absolute Gasteiger partial charge is 0.215 e. The first-order chi connectivity index (χ1) is 12.2. The Balaban J connectivity index is 1.40. The van der Waals surface area contributed by atoms with Gasteiger partial charge in [-0.05, 0) is 41.4 Å². The van der Waals surface area contributed by atoms with Gasteiger partial charge in [0.25, 0.3) is 0 Å². The van der Waals surface area contributed by atoms with E-state index in [1.54, 1.807) is 0 Å². The average molecular weight is 346 g/mol. The third-order valence-electron chi connectivity index (χ3n) is 4.15. The zero-order valence-corrected chi connectivity index (χ0v) is 14.6. The maximum Gasteiger partial charge on any atom is 0.215 e. The molecule has 25 heavy (non-hydrogen) atoms. The highest BCUT2D eigenvalue weighted by molar-refractivity contribution is 5.53. The van der Waals surface area contributed by atoms with Gasteiger partial charge < -0.3 is 21.1 Å². The number of hydrogen-bond donors (Lipinski definition) is 3. The van der Waals surface area contributed by atoms with E-state index in [1.165, 1.54) is 5.56 Å². The van der Waals surface area contributed by atoms with Gasteiger partial charge in [-0.25, -0.2) is 4.63 Å². The lowest BCUT2D eigenvalue weighted by Crippen LogP contribution is -2.48. The second kappa shape index (κ2) is 8.68. The number of rotatable bonds is 8. The van der Waals surface area contributed by atoms with Crippen molar-refractivity contribution in [2.45, 2.75) is 25.9 Å². The molecule has 1 fully saturated rings. The molecule has 2 heterocycles. The molecule has 136 valence electrons. The monoisotopic (exact) mass is 346 g/mol. The van der Waals surface area contributed by atoms with Crippen LogP contribution in [0.25, 0.3) is 0 Å². The molecule has 0 amide bonds. The van der Waals surface area contributed by atoms with Crippen LogP contribution in [0.1, 0.15) is 18.9 Å². The normalized spacial score (nSPS) is 18.2. The fraction of sp³-hybridized carbons (Fsp3) is 0.529. The summed E-state index contributed by atoms with van der Waals surface area (Å²) in [7, 11) is 0. The Hall–Kier alpha value is -2.32. The summed E-state index contributed by atoms with van der Waals surface area (Å²) >= 11 is 0. The Morgan fingerprint density at radius 3 is 3.16 bits per heavy atom. The van der Waals surface area contributed by atoms with E-state index in [0.29, 0.717) is 25.0 Å². The summed E-state index contributed by atoms with van der Waals surface area (Å²) < 4.78 is 10.4. The number of benzene rings is 1. The number of nitrogen functional groups attached to an aromatic ring is 1. The summed E-state index contributed by atoms with van der Waals surface area (Å²) in [5.74, 6) is 1.66. The molecule has 8 nitrogen and oxygen atoms in total. The number of hydrogen-bond acceptors (Lipinski definition) is 8. The summed E-state index contributed by atoms with van der Waals surface area (Å²) in [4.78, 5) is 2.47. The largest absolute Gasteiger partial charge is 0.494 e. The van der Waals surface area contributed by atoms with Crippen molar-refractivity contribution in [3.05, 3.63) is 29.8 Å². The molecule has 4 N–H and O–H groups in total. The quantitative estimate of drug-likeness (QED) is 0.615. The van der Waals surface area contributed by atoms with Gasteiger partial charge in [-0.1, -0.05) is 12.1 Å². The van der Waals surface area contributed by atoms with Crippen molar-refractivity contribution >= 4 is 11.6 Å². The zero-order chi connectivity index (χ0) is 17.5. The third-order valence-corrected chi connectivity index (χ3v) is 4.15.